The van der Waals surface area contributed by atoms with Gasteiger partial charge in [-0.2, -0.15) is 4.98 Å². The molecule has 4 aromatic rings. The van der Waals surface area contributed by atoms with Gasteiger partial charge in [-0.3, -0.25) is 9.36 Å². The van der Waals surface area contributed by atoms with E-state index in [-0.39, 0.29) is 28.1 Å². The van der Waals surface area contributed by atoms with Gasteiger partial charge < -0.3 is 20.2 Å². The Bertz CT molecular complexity index is 1550. The highest BCUT2D eigenvalue weighted by Crippen LogP contribution is 2.23. The Balaban J connectivity index is 0.000000911. The van der Waals surface area contributed by atoms with Crippen molar-refractivity contribution in [3.63, 3.8) is 0 Å². The second kappa shape index (κ2) is 14.3. The van der Waals surface area contributed by atoms with Crippen molar-refractivity contribution in [2.24, 2.45) is 0 Å². The fourth-order valence-corrected chi connectivity index (χ4v) is 4.44. The maximum absolute atomic E-state index is 13.2. The highest BCUT2D eigenvalue weighted by atomic mass is 31.1. The molecule has 4 heterocycles. The zero-order valence-corrected chi connectivity index (χ0v) is 24.7. The lowest BCUT2D eigenvalue weighted by Gasteiger charge is -2.34. The molecule has 1 saturated heterocycles. The van der Waals surface area contributed by atoms with Crippen molar-refractivity contribution in [1.82, 2.24) is 34.3 Å². The topological polar surface area (TPSA) is 133 Å². The summed E-state index contributed by atoms with van der Waals surface area (Å²) >= 11 is 0. The summed E-state index contributed by atoms with van der Waals surface area (Å²) in [6.07, 6.45) is 3.17. The van der Waals surface area contributed by atoms with Gasteiger partial charge in [-0.25, -0.2) is 24.4 Å². The molecule has 0 saturated carbocycles. The van der Waals surface area contributed by atoms with Crippen molar-refractivity contribution in [1.29, 1.82) is 0 Å². The van der Waals surface area contributed by atoms with E-state index in [1.54, 1.807) is 49.9 Å². The second-order valence-corrected chi connectivity index (χ2v) is 10.8. The van der Waals surface area contributed by atoms with Crippen LogP contribution in [0.15, 0.2) is 66.1 Å². The molecule has 3 aromatic heterocycles. The fraction of sp³-hybridized carbons (Fsp3) is 0.379. The summed E-state index contributed by atoms with van der Waals surface area (Å²) in [6, 6.07) is 13.5. The lowest BCUT2D eigenvalue weighted by Crippen LogP contribution is -2.44. The largest absolute Gasteiger partial charge is 0.384 e. The zero-order valence-electron chi connectivity index (χ0n) is 23.8. The highest BCUT2D eigenvalue weighted by Gasteiger charge is 2.22. The van der Waals surface area contributed by atoms with E-state index in [9.17, 15) is 9.90 Å². The maximum Gasteiger partial charge on any atom is 0.278 e. The van der Waals surface area contributed by atoms with Gasteiger partial charge in [0.1, 0.15) is 11.0 Å². The summed E-state index contributed by atoms with van der Waals surface area (Å²) in [5, 5.41) is 16.4. The Morgan fingerprint density at radius 3 is 2.36 bits per heavy atom. The van der Waals surface area contributed by atoms with E-state index < -0.39 is 5.60 Å². The molecule has 12 nitrogen and oxygen atoms in total. The van der Waals surface area contributed by atoms with Crippen LogP contribution in [0, 0.1) is 0 Å². The van der Waals surface area contributed by atoms with Crippen molar-refractivity contribution in [2.45, 2.75) is 33.4 Å². The van der Waals surface area contributed by atoms with Gasteiger partial charge >= 0.3 is 0 Å². The third kappa shape index (κ3) is 7.46. The molecule has 0 atom stereocenters. The molecule has 224 valence electrons. The van der Waals surface area contributed by atoms with Gasteiger partial charge in [-0.05, 0) is 64.3 Å². The predicted octanol–water partition coefficient (Wildman–Crippen LogP) is 3.93. The van der Waals surface area contributed by atoms with E-state index in [1.165, 1.54) is 16.6 Å². The van der Waals surface area contributed by atoms with E-state index in [0.29, 0.717) is 28.5 Å². The highest BCUT2D eigenvalue weighted by molar-refractivity contribution is 7.20. The number of piperazine rings is 1. The van der Waals surface area contributed by atoms with Crippen LogP contribution in [0.3, 0.4) is 0 Å². The van der Waals surface area contributed by atoms with Gasteiger partial charge in [0.2, 0.25) is 14.6 Å². The first-order valence-corrected chi connectivity index (χ1v) is 14.1. The summed E-state index contributed by atoms with van der Waals surface area (Å²) < 4.78 is 12.3. The third-order valence-corrected chi connectivity index (χ3v) is 6.82. The van der Waals surface area contributed by atoms with Crippen molar-refractivity contribution < 1.29 is 9.67 Å². The van der Waals surface area contributed by atoms with Gasteiger partial charge in [0.15, 0.2) is 11.5 Å². The molecule has 5 rings (SSSR count). The molecular formula is C29H40N9O3P. The SMILES string of the molecule is C.C=CCn1c(=O)c2cnc(Nc3ccc(N4CCN(C)CC4)cc3)nc2n1-c1cccc(C(C)(C)O)n1.CNP=O. The molecular weight excluding hydrogens is 553 g/mol. The molecule has 1 fully saturated rings. The number of nitrogens with zero attached hydrogens (tertiary/aromatic N) is 7. The summed E-state index contributed by atoms with van der Waals surface area (Å²) in [4.78, 5) is 31.6. The van der Waals surface area contributed by atoms with E-state index in [1.807, 2.05) is 12.1 Å². The standard InChI is InChI=1S/C27H32N8O2.CH4NOP.CH4/c1-5-13-34-25(36)21-18-28-26(29-19-9-11-20(12-10-19)33-16-14-32(4)15-17-33)31-24(21)35(34)23-8-6-7-22(30-23)27(2,3)37;1-2-4-3;/h5-12,18,37H,1,13-17H2,2-4H3,(H,28,29,31);1H3,(H,2,3);1H4. The average Bonchev–Trinajstić information content (AvgIpc) is 3.24. The maximum atomic E-state index is 13.2. The molecule has 1 aliphatic rings. The molecule has 1 aliphatic heterocycles. The molecule has 42 heavy (non-hydrogen) atoms. The summed E-state index contributed by atoms with van der Waals surface area (Å²) in [5.74, 6) is 0.831. The van der Waals surface area contributed by atoms with Crippen LogP contribution in [0.5, 0.6) is 0 Å². The number of nitrogens with one attached hydrogen (secondary N) is 2. The summed E-state index contributed by atoms with van der Waals surface area (Å²) in [7, 11) is 3.75. The van der Waals surface area contributed by atoms with Gasteiger partial charge in [-0.1, -0.05) is 19.6 Å². The number of aliphatic hydroxyl groups is 1. The molecule has 0 amide bonds. The number of benzene rings is 1. The Hall–Kier alpha value is -3.96. The molecule has 0 unspecified atom stereocenters. The minimum absolute atomic E-state index is 0. The minimum atomic E-state index is -1.14. The number of hydrogen-bond donors (Lipinski definition) is 3. The molecule has 0 bridgehead atoms. The Morgan fingerprint density at radius 2 is 1.76 bits per heavy atom. The summed E-state index contributed by atoms with van der Waals surface area (Å²) in [5.41, 5.74) is 1.55. The van der Waals surface area contributed by atoms with Crippen molar-refractivity contribution in [3.05, 3.63) is 77.4 Å². The normalized spacial score (nSPS) is 13.8. The number of aromatic nitrogens is 5. The second-order valence-electron chi connectivity index (χ2n) is 10.1. The summed E-state index contributed by atoms with van der Waals surface area (Å²) in [6.45, 7) is 11.5. The van der Waals surface area contributed by atoms with E-state index >= 15 is 0 Å². The van der Waals surface area contributed by atoms with Crippen molar-refractivity contribution >= 4 is 37.0 Å². The van der Waals surface area contributed by atoms with E-state index in [2.05, 4.69) is 55.9 Å². The molecule has 1 aromatic carbocycles. The number of anilines is 3. The van der Waals surface area contributed by atoms with Gasteiger partial charge in [0.25, 0.3) is 5.56 Å². The van der Waals surface area contributed by atoms with Crippen LogP contribution < -0.4 is 20.9 Å². The first kappa shape index (κ1) is 32.6. The number of hydrogen-bond acceptors (Lipinski definition) is 9. The van der Waals surface area contributed by atoms with E-state index in [0.717, 1.165) is 31.9 Å². The van der Waals surface area contributed by atoms with E-state index in [4.69, 9.17) is 9.55 Å². The quantitative estimate of drug-likeness (QED) is 0.204. The Kier molecular flexibility index (Phi) is 11.1. The first-order valence-electron chi connectivity index (χ1n) is 13.3. The van der Waals surface area contributed by atoms with Crippen molar-refractivity contribution in [3.8, 4) is 5.82 Å². The number of rotatable bonds is 8. The number of fused-ring (bicyclic) bond motifs is 1. The smallest absolute Gasteiger partial charge is 0.278 e. The van der Waals surface area contributed by atoms with Crippen LogP contribution in [0.1, 0.15) is 27.0 Å². The van der Waals surface area contributed by atoms with Crippen LogP contribution in [-0.4, -0.2) is 74.6 Å². The van der Waals surface area contributed by atoms with Crippen LogP contribution >= 0.6 is 8.61 Å². The van der Waals surface area contributed by atoms with Gasteiger partial charge in [0.05, 0.1) is 12.2 Å². The van der Waals surface area contributed by atoms with Crippen LogP contribution in [0.25, 0.3) is 16.9 Å². The monoisotopic (exact) mass is 593 g/mol. The van der Waals surface area contributed by atoms with Crippen LogP contribution in [0.4, 0.5) is 17.3 Å². The molecule has 13 heteroatoms. The number of pyridine rings is 1. The molecule has 0 aliphatic carbocycles. The molecule has 0 radical (unpaired) electrons. The molecule has 3 N–H and O–H groups in total. The lowest BCUT2D eigenvalue weighted by atomic mass is 10.1. The number of likely N-dealkylation sites (N-methyl/N-ethyl adjacent to an activating group) is 1. The predicted molar refractivity (Wildman–Crippen MR) is 169 cm³/mol. The third-order valence-electron chi connectivity index (χ3n) is 6.64. The van der Waals surface area contributed by atoms with Crippen LogP contribution in [-0.2, 0) is 16.7 Å². The molecule has 0 spiro atoms. The van der Waals surface area contributed by atoms with Gasteiger partial charge in [-0.15, -0.1) is 6.58 Å². The van der Waals surface area contributed by atoms with Crippen LogP contribution in [0.2, 0.25) is 0 Å². The average molecular weight is 594 g/mol. The number of allylic oxidation sites excluding steroid dienone is 1. The Morgan fingerprint density at radius 1 is 1.10 bits per heavy atom. The lowest BCUT2D eigenvalue weighted by molar-refractivity contribution is 0.0738. The minimum Gasteiger partial charge on any atom is -0.384 e. The zero-order chi connectivity index (χ0) is 29.6. The Labute approximate surface area is 248 Å². The van der Waals surface area contributed by atoms with Crippen molar-refractivity contribution in [2.75, 3.05) is 50.5 Å². The van der Waals surface area contributed by atoms with Gasteiger partial charge in [0, 0.05) is 43.8 Å². The first-order chi connectivity index (χ1) is 19.7. The fourth-order valence-electron chi connectivity index (χ4n) is 4.44.